The van der Waals surface area contributed by atoms with Crippen LogP contribution in [0.25, 0.3) is 0 Å². The molecule has 0 aliphatic rings. The van der Waals surface area contributed by atoms with Crippen molar-refractivity contribution in [3.05, 3.63) is 33.9 Å². The molecule has 2 N–H and O–H groups in total. The lowest BCUT2D eigenvalue weighted by atomic mass is 10.1. The van der Waals surface area contributed by atoms with Gasteiger partial charge in [0.05, 0.1) is 11.0 Å². The minimum Gasteiger partial charge on any atom is -0.491 e. The van der Waals surface area contributed by atoms with Crippen LogP contribution in [0.1, 0.15) is 25.8 Å². The molecule has 1 aromatic rings. The predicted octanol–water partition coefficient (Wildman–Crippen LogP) is 1.85. The summed E-state index contributed by atoms with van der Waals surface area (Å²) >= 11 is 0. The van der Waals surface area contributed by atoms with Crippen molar-refractivity contribution in [3.63, 3.8) is 0 Å². The third kappa shape index (κ3) is 4.84. The maximum absolute atomic E-state index is 10.8. The Bertz CT molecular complexity index is 423. The van der Waals surface area contributed by atoms with Crippen molar-refractivity contribution in [2.45, 2.75) is 32.9 Å². The second kappa shape index (κ2) is 7.70. The number of hydrogen-bond acceptors (Lipinski definition) is 5. The molecule has 6 nitrogen and oxygen atoms in total. The average molecular weight is 268 g/mol. The zero-order chi connectivity index (χ0) is 14.3. The molecule has 1 unspecified atom stereocenters. The first kappa shape index (κ1) is 15.4. The van der Waals surface area contributed by atoms with Crippen LogP contribution in [0.4, 0.5) is 5.69 Å². The Morgan fingerprint density at radius 1 is 1.47 bits per heavy atom. The fraction of sp³-hybridized carbons (Fsp3) is 0.538. The van der Waals surface area contributed by atoms with E-state index in [9.17, 15) is 15.2 Å². The normalized spacial score (nSPS) is 12.2. The van der Waals surface area contributed by atoms with Gasteiger partial charge in [-0.2, -0.15) is 0 Å². The van der Waals surface area contributed by atoms with Crippen molar-refractivity contribution in [1.82, 2.24) is 5.32 Å². The molecular formula is C13H20N2O4. The van der Waals surface area contributed by atoms with Crippen LogP contribution in [0.2, 0.25) is 0 Å². The SMILES string of the molecule is CCNCc1cc([N+](=O)[O-])ccc1OCC(O)CC. The van der Waals surface area contributed by atoms with Gasteiger partial charge in [-0.3, -0.25) is 10.1 Å². The number of nitro groups is 1. The second-order valence-electron chi connectivity index (χ2n) is 4.20. The number of aliphatic hydroxyl groups is 1. The Labute approximate surface area is 112 Å². The first-order valence-electron chi connectivity index (χ1n) is 6.37. The van der Waals surface area contributed by atoms with Gasteiger partial charge in [-0.15, -0.1) is 0 Å². The van der Waals surface area contributed by atoms with Crippen LogP contribution in [0.5, 0.6) is 5.75 Å². The van der Waals surface area contributed by atoms with Crippen molar-refractivity contribution >= 4 is 5.69 Å². The lowest BCUT2D eigenvalue weighted by Gasteiger charge is -2.14. The number of hydrogen-bond donors (Lipinski definition) is 2. The van der Waals surface area contributed by atoms with Crippen molar-refractivity contribution < 1.29 is 14.8 Å². The molecule has 0 saturated carbocycles. The van der Waals surface area contributed by atoms with Gasteiger partial charge in [-0.05, 0) is 19.0 Å². The summed E-state index contributed by atoms with van der Waals surface area (Å²) in [4.78, 5) is 10.3. The summed E-state index contributed by atoms with van der Waals surface area (Å²) in [6, 6.07) is 4.48. The maximum atomic E-state index is 10.8. The van der Waals surface area contributed by atoms with Crippen molar-refractivity contribution in [3.8, 4) is 5.75 Å². The van der Waals surface area contributed by atoms with Gasteiger partial charge >= 0.3 is 0 Å². The minimum absolute atomic E-state index is 0.0382. The third-order valence-electron chi connectivity index (χ3n) is 2.72. The Morgan fingerprint density at radius 3 is 2.79 bits per heavy atom. The minimum atomic E-state index is -0.526. The van der Waals surface area contributed by atoms with Crippen LogP contribution in [-0.4, -0.2) is 29.3 Å². The van der Waals surface area contributed by atoms with Crippen molar-refractivity contribution in [2.24, 2.45) is 0 Å². The first-order chi connectivity index (χ1) is 9.08. The number of ether oxygens (including phenoxy) is 1. The summed E-state index contributed by atoms with van der Waals surface area (Å²) in [6.07, 6.45) is 0.0809. The van der Waals surface area contributed by atoms with Crippen LogP contribution in [0.15, 0.2) is 18.2 Å². The van der Waals surface area contributed by atoms with E-state index in [0.717, 1.165) is 12.1 Å². The molecule has 19 heavy (non-hydrogen) atoms. The number of rotatable bonds is 8. The molecule has 1 rings (SSSR count). The molecule has 0 aliphatic heterocycles. The molecule has 1 atom stereocenters. The topological polar surface area (TPSA) is 84.6 Å². The van der Waals surface area contributed by atoms with E-state index in [0.29, 0.717) is 18.7 Å². The summed E-state index contributed by atoms with van der Waals surface area (Å²) in [5, 5.41) is 23.3. The summed E-state index contributed by atoms with van der Waals surface area (Å²) in [5.74, 6) is 0.569. The van der Waals surface area contributed by atoms with Gasteiger partial charge in [0.1, 0.15) is 12.4 Å². The predicted molar refractivity (Wildman–Crippen MR) is 72.3 cm³/mol. The van der Waals surface area contributed by atoms with Gasteiger partial charge in [0.15, 0.2) is 0 Å². The van der Waals surface area contributed by atoms with Gasteiger partial charge in [0, 0.05) is 24.2 Å². The lowest BCUT2D eigenvalue weighted by Crippen LogP contribution is -2.18. The summed E-state index contributed by atoms with van der Waals surface area (Å²) in [7, 11) is 0. The van der Waals surface area contributed by atoms with Gasteiger partial charge in [0.2, 0.25) is 0 Å². The standard InChI is InChI=1S/C13H20N2O4/c1-3-12(16)9-19-13-6-5-11(15(17)18)7-10(13)8-14-4-2/h5-7,12,14,16H,3-4,8-9H2,1-2H3. The highest BCUT2D eigenvalue weighted by atomic mass is 16.6. The smallest absolute Gasteiger partial charge is 0.270 e. The van der Waals surface area contributed by atoms with Crippen LogP contribution in [-0.2, 0) is 6.54 Å². The maximum Gasteiger partial charge on any atom is 0.270 e. The van der Waals surface area contributed by atoms with E-state index in [-0.39, 0.29) is 12.3 Å². The lowest BCUT2D eigenvalue weighted by molar-refractivity contribution is -0.384. The van der Waals surface area contributed by atoms with Gasteiger partial charge < -0.3 is 15.2 Å². The van der Waals surface area contributed by atoms with Gasteiger partial charge in [0.25, 0.3) is 5.69 Å². The molecule has 0 radical (unpaired) electrons. The Kier molecular flexibility index (Phi) is 6.24. The molecule has 0 heterocycles. The summed E-state index contributed by atoms with van der Waals surface area (Å²) in [6.45, 7) is 5.27. The molecule has 0 saturated heterocycles. The largest absolute Gasteiger partial charge is 0.491 e. The molecule has 0 fully saturated rings. The van der Waals surface area contributed by atoms with E-state index in [1.807, 2.05) is 13.8 Å². The van der Waals surface area contributed by atoms with Crippen LogP contribution in [0, 0.1) is 10.1 Å². The molecule has 106 valence electrons. The van der Waals surface area contributed by atoms with Crippen molar-refractivity contribution in [2.75, 3.05) is 13.2 Å². The molecule has 1 aromatic carbocycles. The summed E-state index contributed by atoms with van der Waals surface area (Å²) in [5.41, 5.74) is 0.760. The summed E-state index contributed by atoms with van der Waals surface area (Å²) < 4.78 is 5.51. The monoisotopic (exact) mass is 268 g/mol. The number of nitrogens with one attached hydrogen (secondary N) is 1. The molecule has 0 spiro atoms. The first-order valence-corrected chi connectivity index (χ1v) is 6.37. The Morgan fingerprint density at radius 2 is 2.21 bits per heavy atom. The van der Waals surface area contributed by atoms with E-state index in [2.05, 4.69) is 5.32 Å². The molecule has 6 heteroatoms. The number of non-ortho nitro benzene ring substituents is 1. The van der Waals surface area contributed by atoms with Gasteiger partial charge in [-0.25, -0.2) is 0 Å². The van der Waals surface area contributed by atoms with Gasteiger partial charge in [-0.1, -0.05) is 13.8 Å². The number of nitro benzene ring substituents is 1. The van der Waals surface area contributed by atoms with Crippen LogP contribution < -0.4 is 10.1 Å². The second-order valence-corrected chi connectivity index (χ2v) is 4.20. The number of nitrogens with zero attached hydrogens (tertiary/aromatic N) is 1. The molecule has 0 aliphatic carbocycles. The van der Waals surface area contributed by atoms with E-state index in [4.69, 9.17) is 4.74 Å². The zero-order valence-corrected chi connectivity index (χ0v) is 11.3. The van der Waals surface area contributed by atoms with Crippen molar-refractivity contribution in [1.29, 1.82) is 0 Å². The van der Waals surface area contributed by atoms with Crippen LogP contribution in [0.3, 0.4) is 0 Å². The quantitative estimate of drug-likeness (QED) is 0.555. The van der Waals surface area contributed by atoms with E-state index < -0.39 is 11.0 Å². The highest BCUT2D eigenvalue weighted by Gasteiger charge is 2.12. The van der Waals surface area contributed by atoms with E-state index in [1.165, 1.54) is 12.1 Å². The fourth-order valence-corrected chi connectivity index (χ4v) is 1.52. The number of benzene rings is 1. The average Bonchev–Trinajstić information content (AvgIpc) is 2.42. The fourth-order valence-electron chi connectivity index (χ4n) is 1.52. The van der Waals surface area contributed by atoms with Crippen LogP contribution >= 0.6 is 0 Å². The Hall–Kier alpha value is -1.66. The highest BCUT2D eigenvalue weighted by molar-refractivity contribution is 5.43. The molecule has 0 bridgehead atoms. The molecular weight excluding hydrogens is 248 g/mol. The highest BCUT2D eigenvalue weighted by Crippen LogP contribution is 2.24. The molecule has 0 aromatic heterocycles. The van der Waals surface area contributed by atoms with E-state index in [1.54, 1.807) is 6.07 Å². The zero-order valence-electron chi connectivity index (χ0n) is 11.3. The third-order valence-corrected chi connectivity index (χ3v) is 2.72. The van der Waals surface area contributed by atoms with E-state index >= 15 is 0 Å². The Balaban J connectivity index is 2.85. The number of aliphatic hydroxyl groups excluding tert-OH is 1. The molecule has 0 amide bonds.